The van der Waals surface area contributed by atoms with E-state index in [1.54, 1.807) is 0 Å². The highest BCUT2D eigenvalue weighted by Gasteiger charge is 2.21. The van der Waals surface area contributed by atoms with Gasteiger partial charge in [-0.05, 0) is 51.3 Å². The van der Waals surface area contributed by atoms with E-state index in [-0.39, 0.29) is 5.91 Å². The number of hydrogen-bond acceptors (Lipinski definition) is 7. The van der Waals surface area contributed by atoms with Crippen molar-refractivity contribution in [3.05, 3.63) is 41.0 Å². The molecule has 0 radical (unpaired) electrons. The Balaban J connectivity index is 1.22. The summed E-state index contributed by atoms with van der Waals surface area (Å²) < 4.78 is 0. The maximum atomic E-state index is 12.4. The number of benzene rings is 1. The van der Waals surface area contributed by atoms with Crippen molar-refractivity contribution < 1.29 is 4.79 Å². The van der Waals surface area contributed by atoms with E-state index >= 15 is 0 Å². The van der Waals surface area contributed by atoms with Crippen molar-refractivity contribution in [3.63, 3.8) is 0 Å². The summed E-state index contributed by atoms with van der Waals surface area (Å²) >= 11 is 7.65. The predicted octanol–water partition coefficient (Wildman–Crippen LogP) is 4.24. The summed E-state index contributed by atoms with van der Waals surface area (Å²) in [5.74, 6) is 1.13. The largest absolute Gasteiger partial charge is 0.368 e. The molecule has 190 valence electrons. The standard InChI is InChI=1S/C26H37ClN6OS/c1-20-8-3-4-10-22(20)32-14-16-33(17-15-32)24-18-23(27)29-26(30-24)35-19-25(34)28-11-7-13-31-12-6-5-9-21(31)2/h3-4,8,10,18,21H,5-7,9,11-17,19H2,1-2H3,(H,28,34). The molecule has 9 heteroatoms. The number of hydrogen-bond donors (Lipinski definition) is 1. The van der Waals surface area contributed by atoms with Gasteiger partial charge in [0.05, 0.1) is 5.75 Å². The van der Waals surface area contributed by atoms with E-state index in [9.17, 15) is 4.79 Å². The third-order valence-corrected chi connectivity index (χ3v) is 7.98. The number of thioether (sulfide) groups is 1. The Kier molecular flexibility index (Phi) is 9.52. The second kappa shape index (κ2) is 12.8. The average Bonchev–Trinajstić information content (AvgIpc) is 2.86. The summed E-state index contributed by atoms with van der Waals surface area (Å²) in [6.07, 6.45) is 4.89. The summed E-state index contributed by atoms with van der Waals surface area (Å²) in [7, 11) is 0. The topological polar surface area (TPSA) is 64.6 Å². The molecule has 2 fully saturated rings. The van der Waals surface area contributed by atoms with Gasteiger partial charge in [-0.25, -0.2) is 9.97 Å². The zero-order valence-corrected chi connectivity index (χ0v) is 22.5. The van der Waals surface area contributed by atoms with Crippen molar-refractivity contribution in [2.45, 2.75) is 50.7 Å². The van der Waals surface area contributed by atoms with Crippen molar-refractivity contribution in [2.24, 2.45) is 0 Å². The molecular weight excluding hydrogens is 480 g/mol. The van der Waals surface area contributed by atoms with Crippen LogP contribution in [0.1, 0.15) is 38.2 Å². The van der Waals surface area contributed by atoms with Gasteiger partial charge in [0.25, 0.3) is 0 Å². The van der Waals surface area contributed by atoms with Gasteiger partial charge in [-0.3, -0.25) is 4.79 Å². The number of carbonyl (C=O) groups is 1. The molecule has 1 unspecified atom stereocenters. The lowest BCUT2D eigenvalue weighted by Gasteiger charge is -2.37. The molecule has 1 aromatic heterocycles. The molecule has 3 heterocycles. The highest BCUT2D eigenvalue weighted by Crippen LogP contribution is 2.25. The normalized spacial score (nSPS) is 19.1. The molecule has 35 heavy (non-hydrogen) atoms. The molecule has 0 aliphatic carbocycles. The van der Waals surface area contributed by atoms with Gasteiger partial charge < -0.3 is 20.0 Å². The van der Waals surface area contributed by atoms with Gasteiger partial charge in [-0.1, -0.05) is 48.0 Å². The lowest BCUT2D eigenvalue weighted by Crippen LogP contribution is -2.47. The van der Waals surface area contributed by atoms with Crippen LogP contribution in [-0.4, -0.2) is 78.4 Å². The van der Waals surface area contributed by atoms with Gasteiger partial charge in [-0.2, -0.15) is 0 Å². The van der Waals surface area contributed by atoms with E-state index in [2.05, 4.69) is 63.1 Å². The smallest absolute Gasteiger partial charge is 0.230 e. The van der Waals surface area contributed by atoms with Crippen LogP contribution in [0.3, 0.4) is 0 Å². The number of rotatable bonds is 9. The molecule has 1 atom stereocenters. The first kappa shape index (κ1) is 26.0. The fraction of sp³-hybridized carbons (Fsp3) is 0.577. The number of carbonyl (C=O) groups excluding carboxylic acids is 1. The zero-order valence-electron chi connectivity index (χ0n) is 20.9. The van der Waals surface area contributed by atoms with Gasteiger partial charge in [0.15, 0.2) is 5.16 Å². The van der Waals surface area contributed by atoms with Crippen molar-refractivity contribution in [3.8, 4) is 0 Å². The van der Waals surface area contributed by atoms with E-state index < -0.39 is 0 Å². The molecule has 1 amide bonds. The first-order valence-corrected chi connectivity index (χ1v) is 14.1. The van der Waals surface area contributed by atoms with Gasteiger partial charge in [-0.15, -0.1) is 0 Å². The molecule has 0 spiro atoms. The van der Waals surface area contributed by atoms with Crippen LogP contribution in [0.2, 0.25) is 5.15 Å². The first-order chi connectivity index (χ1) is 17.0. The molecule has 4 rings (SSSR count). The van der Waals surface area contributed by atoms with Gasteiger partial charge in [0.2, 0.25) is 5.91 Å². The van der Waals surface area contributed by atoms with Crippen LogP contribution in [0, 0.1) is 6.92 Å². The number of aryl methyl sites for hydroxylation is 1. The van der Waals surface area contributed by atoms with E-state index in [0.717, 1.165) is 45.0 Å². The molecule has 1 aromatic carbocycles. The fourth-order valence-corrected chi connectivity index (χ4v) is 5.80. The Morgan fingerprint density at radius 2 is 1.89 bits per heavy atom. The van der Waals surface area contributed by atoms with Gasteiger partial charge in [0.1, 0.15) is 11.0 Å². The number of nitrogens with one attached hydrogen (secondary N) is 1. The number of para-hydroxylation sites is 1. The van der Waals surface area contributed by atoms with Crippen LogP contribution in [0.25, 0.3) is 0 Å². The van der Waals surface area contributed by atoms with Gasteiger partial charge >= 0.3 is 0 Å². The number of nitrogens with zero attached hydrogens (tertiary/aromatic N) is 5. The molecular formula is C26H37ClN6OS. The summed E-state index contributed by atoms with van der Waals surface area (Å²) in [6, 6.07) is 11.0. The Labute approximate surface area is 218 Å². The quantitative estimate of drug-likeness (QED) is 0.231. The number of amides is 1. The maximum Gasteiger partial charge on any atom is 0.230 e. The third kappa shape index (κ3) is 7.48. The lowest BCUT2D eigenvalue weighted by molar-refractivity contribution is -0.118. The molecule has 0 bridgehead atoms. The number of halogens is 1. The van der Waals surface area contributed by atoms with Crippen molar-refractivity contribution in [1.82, 2.24) is 20.2 Å². The Morgan fingerprint density at radius 3 is 2.66 bits per heavy atom. The van der Waals surface area contributed by atoms with E-state index in [1.807, 2.05) is 6.07 Å². The van der Waals surface area contributed by atoms with Crippen LogP contribution < -0.4 is 15.1 Å². The van der Waals surface area contributed by atoms with Crippen LogP contribution in [-0.2, 0) is 4.79 Å². The van der Waals surface area contributed by atoms with Crippen molar-refractivity contribution in [1.29, 1.82) is 0 Å². The Bertz CT molecular complexity index is 984. The van der Waals surface area contributed by atoms with Crippen molar-refractivity contribution in [2.75, 3.05) is 61.4 Å². The van der Waals surface area contributed by atoms with Crippen LogP contribution >= 0.6 is 23.4 Å². The molecule has 0 saturated carbocycles. The van der Waals surface area contributed by atoms with E-state index in [4.69, 9.17) is 16.6 Å². The summed E-state index contributed by atoms with van der Waals surface area (Å²) in [4.78, 5) is 28.6. The fourth-order valence-electron chi connectivity index (χ4n) is 4.89. The maximum absolute atomic E-state index is 12.4. The third-order valence-electron chi connectivity index (χ3n) is 6.94. The zero-order chi connectivity index (χ0) is 24.6. The number of likely N-dealkylation sites (tertiary alicyclic amines) is 1. The SMILES string of the molecule is Cc1ccccc1N1CCN(c2cc(Cl)nc(SCC(=O)NCCCN3CCCCC3C)n2)CC1. The summed E-state index contributed by atoms with van der Waals surface area (Å²) in [5, 5.41) is 3.99. The minimum Gasteiger partial charge on any atom is -0.368 e. The summed E-state index contributed by atoms with van der Waals surface area (Å²) in [5.41, 5.74) is 2.59. The van der Waals surface area contributed by atoms with Crippen LogP contribution in [0.5, 0.6) is 0 Å². The minimum atomic E-state index is 0.0127. The second-order valence-corrected chi connectivity index (χ2v) is 10.8. The number of aromatic nitrogens is 2. The second-order valence-electron chi connectivity index (χ2n) is 9.46. The van der Waals surface area contributed by atoms with Crippen LogP contribution in [0.15, 0.2) is 35.5 Å². The monoisotopic (exact) mass is 516 g/mol. The predicted molar refractivity (Wildman–Crippen MR) is 146 cm³/mol. The van der Waals surface area contributed by atoms with Crippen LogP contribution in [0.4, 0.5) is 11.5 Å². The molecule has 2 saturated heterocycles. The number of anilines is 2. The highest BCUT2D eigenvalue weighted by molar-refractivity contribution is 7.99. The highest BCUT2D eigenvalue weighted by atomic mass is 35.5. The molecule has 7 nitrogen and oxygen atoms in total. The Hall–Kier alpha value is -2.03. The Morgan fingerprint density at radius 1 is 1.11 bits per heavy atom. The van der Waals surface area contributed by atoms with E-state index in [0.29, 0.717) is 28.6 Å². The van der Waals surface area contributed by atoms with Crippen molar-refractivity contribution >= 4 is 40.8 Å². The summed E-state index contributed by atoms with van der Waals surface area (Å²) in [6.45, 7) is 11.0. The first-order valence-electron chi connectivity index (χ1n) is 12.7. The molecule has 2 aromatic rings. The lowest BCUT2D eigenvalue weighted by atomic mass is 10.0. The molecule has 2 aliphatic heterocycles. The average molecular weight is 517 g/mol. The van der Waals surface area contributed by atoms with E-state index in [1.165, 1.54) is 48.8 Å². The number of piperazine rings is 1. The number of piperidine rings is 1. The molecule has 2 aliphatic rings. The van der Waals surface area contributed by atoms with Gasteiger partial charge in [0, 0.05) is 57.1 Å². The minimum absolute atomic E-state index is 0.0127. The molecule has 1 N–H and O–H groups in total.